The van der Waals surface area contributed by atoms with Crippen molar-refractivity contribution in [1.29, 1.82) is 0 Å². The summed E-state index contributed by atoms with van der Waals surface area (Å²) in [6.07, 6.45) is 0. The average Bonchev–Trinajstić information content (AvgIpc) is 3.35. The molecule has 0 spiro atoms. The maximum atomic E-state index is 2.41. The van der Waals surface area contributed by atoms with E-state index in [2.05, 4.69) is 133 Å². The molecule has 156 valence electrons. The molecular formula is C31H23N2+. The van der Waals surface area contributed by atoms with Crippen LogP contribution in [0, 0.1) is 0 Å². The predicted octanol–water partition coefficient (Wildman–Crippen LogP) is 8.61. The minimum Gasteiger partial charge on any atom is -0.344 e. The van der Waals surface area contributed by atoms with Crippen LogP contribution >= 0.6 is 0 Å². The van der Waals surface area contributed by atoms with E-state index in [1.807, 2.05) is 0 Å². The van der Waals surface area contributed by atoms with Gasteiger partial charge in [-0.25, -0.2) is 0 Å². The molecule has 0 unspecified atom stereocenters. The van der Waals surface area contributed by atoms with E-state index >= 15 is 0 Å². The van der Waals surface area contributed by atoms with E-state index in [9.17, 15) is 0 Å². The minimum absolute atomic E-state index is 0.590. The number of aryl methyl sites for hydroxylation is 1. The Bertz CT molecular complexity index is 1630. The third-order valence-corrected chi connectivity index (χ3v) is 7.25. The maximum Gasteiger partial charge on any atom is 0.156 e. The van der Waals surface area contributed by atoms with Crippen LogP contribution in [-0.4, -0.2) is 4.57 Å². The number of benzene rings is 5. The van der Waals surface area contributed by atoms with Gasteiger partial charge in [0, 0.05) is 65.3 Å². The molecule has 0 bridgehead atoms. The summed E-state index contributed by atoms with van der Waals surface area (Å²) >= 11 is 0. The SMILES string of the molecule is Cn1c2ccccc2c2cc([N+]3(c4ccccc4)c4ccccc4-c4ccccc43)ccc21. The average molecular weight is 424 g/mol. The van der Waals surface area contributed by atoms with E-state index in [0.29, 0.717) is 4.48 Å². The highest BCUT2D eigenvalue weighted by atomic mass is 15.4. The zero-order valence-corrected chi connectivity index (χ0v) is 18.4. The van der Waals surface area contributed by atoms with E-state index in [1.165, 1.54) is 55.7 Å². The van der Waals surface area contributed by atoms with Crippen molar-refractivity contribution >= 4 is 44.6 Å². The molecule has 33 heavy (non-hydrogen) atoms. The molecule has 6 aromatic rings. The second-order valence-corrected chi connectivity index (χ2v) is 8.82. The van der Waals surface area contributed by atoms with Gasteiger partial charge in [0.05, 0.1) is 11.1 Å². The van der Waals surface area contributed by atoms with Crippen molar-refractivity contribution in [2.75, 3.05) is 0 Å². The van der Waals surface area contributed by atoms with Crippen LogP contribution in [-0.2, 0) is 7.05 Å². The molecule has 0 saturated carbocycles. The summed E-state index contributed by atoms with van der Waals surface area (Å²) < 4.78 is 2.89. The number of rotatable bonds is 2. The maximum absolute atomic E-state index is 2.41. The van der Waals surface area contributed by atoms with Gasteiger partial charge >= 0.3 is 0 Å². The van der Waals surface area contributed by atoms with E-state index in [0.717, 1.165) is 0 Å². The Labute approximate surface area is 193 Å². The highest BCUT2D eigenvalue weighted by molar-refractivity contribution is 6.10. The van der Waals surface area contributed by atoms with Gasteiger partial charge in [0.1, 0.15) is 11.4 Å². The molecule has 0 amide bonds. The molecule has 1 aromatic heterocycles. The summed E-state index contributed by atoms with van der Waals surface area (Å²) in [4.78, 5) is 0. The van der Waals surface area contributed by atoms with E-state index in [1.54, 1.807) is 0 Å². The molecule has 0 aliphatic carbocycles. The highest BCUT2D eigenvalue weighted by Crippen LogP contribution is 2.62. The van der Waals surface area contributed by atoms with Gasteiger partial charge in [-0.3, -0.25) is 0 Å². The van der Waals surface area contributed by atoms with Crippen molar-refractivity contribution in [3.8, 4) is 11.1 Å². The summed E-state index contributed by atoms with van der Waals surface area (Å²) in [6, 6.07) is 44.3. The lowest BCUT2D eigenvalue weighted by molar-refractivity contribution is 0.722. The number of para-hydroxylation sites is 4. The molecule has 5 aromatic carbocycles. The van der Waals surface area contributed by atoms with Gasteiger partial charge in [0.2, 0.25) is 0 Å². The van der Waals surface area contributed by atoms with Gasteiger partial charge in [-0.15, -0.1) is 0 Å². The molecule has 1 aliphatic rings. The highest BCUT2D eigenvalue weighted by Gasteiger charge is 2.47. The van der Waals surface area contributed by atoms with Crippen LogP contribution in [0.2, 0.25) is 0 Å². The van der Waals surface area contributed by atoms with Crippen LogP contribution in [0.5, 0.6) is 0 Å². The Morgan fingerprint density at radius 1 is 0.485 bits per heavy atom. The van der Waals surface area contributed by atoms with Gasteiger partial charge in [0.15, 0.2) is 11.4 Å². The lowest BCUT2D eigenvalue weighted by Crippen LogP contribution is -2.31. The standard InChI is InChI=1S/C31H23N2/c1-32-28-16-8-5-13-24(28)27-21-23(19-20-29(27)32)33(22-11-3-2-4-12-22)30-17-9-6-14-25(30)26-15-7-10-18-31(26)33/h2-21H,1H3/q+1. The van der Waals surface area contributed by atoms with Crippen molar-refractivity contribution in [1.82, 2.24) is 9.05 Å². The fraction of sp³-hybridized carbons (Fsp3) is 0.0323. The molecule has 0 radical (unpaired) electrons. The fourth-order valence-electron chi connectivity index (χ4n) is 5.84. The van der Waals surface area contributed by atoms with Gasteiger partial charge < -0.3 is 4.57 Å². The Balaban J connectivity index is 1.66. The zero-order valence-electron chi connectivity index (χ0n) is 18.4. The van der Waals surface area contributed by atoms with Crippen LogP contribution in [0.4, 0.5) is 22.7 Å². The molecule has 2 heterocycles. The molecule has 0 N–H and O–H groups in total. The van der Waals surface area contributed by atoms with Gasteiger partial charge in [-0.05, 0) is 24.3 Å². The molecule has 0 fully saturated rings. The topological polar surface area (TPSA) is 4.93 Å². The number of aromatic nitrogens is 1. The first-order valence-corrected chi connectivity index (χ1v) is 11.4. The molecule has 2 heteroatoms. The van der Waals surface area contributed by atoms with Crippen LogP contribution in [0.3, 0.4) is 0 Å². The second kappa shape index (κ2) is 6.68. The first kappa shape index (κ1) is 18.4. The second-order valence-electron chi connectivity index (χ2n) is 8.82. The smallest absolute Gasteiger partial charge is 0.156 e. The van der Waals surface area contributed by atoms with Crippen molar-refractivity contribution in [2.24, 2.45) is 7.05 Å². The summed E-state index contributed by atoms with van der Waals surface area (Å²) in [5.74, 6) is 0. The molecule has 7 rings (SSSR count). The Hall–Kier alpha value is -4.14. The quantitative estimate of drug-likeness (QED) is 0.245. The minimum atomic E-state index is 0.590. The lowest BCUT2D eigenvalue weighted by atomic mass is 10.1. The fourth-order valence-corrected chi connectivity index (χ4v) is 5.84. The van der Waals surface area contributed by atoms with Crippen molar-refractivity contribution in [2.45, 2.75) is 0 Å². The molecule has 2 nitrogen and oxygen atoms in total. The normalized spacial score (nSPS) is 13.8. The van der Waals surface area contributed by atoms with Crippen molar-refractivity contribution in [3.63, 3.8) is 0 Å². The Morgan fingerprint density at radius 3 is 1.79 bits per heavy atom. The van der Waals surface area contributed by atoms with Gasteiger partial charge in [-0.1, -0.05) is 60.7 Å². The monoisotopic (exact) mass is 423 g/mol. The number of hydrogen-bond donors (Lipinski definition) is 0. The lowest BCUT2D eigenvalue weighted by Gasteiger charge is -2.34. The summed E-state index contributed by atoms with van der Waals surface area (Å²) in [5, 5.41) is 2.59. The zero-order chi connectivity index (χ0) is 22.0. The number of quaternary nitrogens is 1. The predicted molar refractivity (Wildman–Crippen MR) is 140 cm³/mol. The van der Waals surface area contributed by atoms with Gasteiger partial charge in [0.25, 0.3) is 0 Å². The molecule has 0 saturated heterocycles. The third kappa shape index (κ3) is 2.31. The van der Waals surface area contributed by atoms with E-state index < -0.39 is 0 Å². The van der Waals surface area contributed by atoms with Gasteiger partial charge in [-0.2, -0.15) is 4.48 Å². The number of hydrogen-bond acceptors (Lipinski definition) is 0. The third-order valence-electron chi connectivity index (χ3n) is 7.25. The van der Waals surface area contributed by atoms with E-state index in [4.69, 9.17) is 0 Å². The first-order valence-electron chi connectivity index (χ1n) is 11.4. The van der Waals surface area contributed by atoms with Crippen molar-refractivity contribution in [3.05, 3.63) is 121 Å². The summed E-state index contributed by atoms with van der Waals surface area (Å²) in [6.45, 7) is 0. The van der Waals surface area contributed by atoms with Crippen LogP contribution in [0.25, 0.3) is 32.9 Å². The van der Waals surface area contributed by atoms with Crippen LogP contribution < -0.4 is 4.48 Å². The van der Waals surface area contributed by atoms with Crippen LogP contribution in [0.15, 0.2) is 121 Å². The molecular weight excluding hydrogens is 400 g/mol. The first-order chi connectivity index (χ1) is 16.3. The number of fused-ring (bicyclic) bond motifs is 6. The molecule has 1 aliphatic heterocycles. The van der Waals surface area contributed by atoms with Crippen LogP contribution in [0.1, 0.15) is 0 Å². The Kier molecular flexibility index (Phi) is 3.73. The number of nitrogens with zero attached hydrogens (tertiary/aromatic N) is 2. The summed E-state index contributed by atoms with van der Waals surface area (Å²) in [5.41, 5.74) is 10.2. The van der Waals surface area contributed by atoms with Crippen molar-refractivity contribution < 1.29 is 0 Å². The largest absolute Gasteiger partial charge is 0.344 e. The Morgan fingerprint density at radius 2 is 1.06 bits per heavy atom. The summed E-state index contributed by atoms with van der Waals surface area (Å²) in [7, 11) is 2.16. The van der Waals surface area contributed by atoms with E-state index in [-0.39, 0.29) is 0 Å². The molecule has 0 atom stereocenters.